The van der Waals surface area contributed by atoms with E-state index in [1.165, 1.54) is 4.31 Å². The molecule has 3 N–H and O–H groups in total. The molecular formula is C17H29N3O3S. The molecular weight excluding hydrogens is 326 g/mol. The number of benzene rings is 1. The Bertz CT molecular complexity index is 642. The van der Waals surface area contributed by atoms with E-state index < -0.39 is 16.1 Å². The highest BCUT2D eigenvalue weighted by molar-refractivity contribution is 7.89. The fourth-order valence-electron chi connectivity index (χ4n) is 2.04. The van der Waals surface area contributed by atoms with Crippen molar-refractivity contribution in [2.75, 3.05) is 7.05 Å². The van der Waals surface area contributed by atoms with Gasteiger partial charge in [-0.1, -0.05) is 32.4 Å². The van der Waals surface area contributed by atoms with Gasteiger partial charge in [0.05, 0.1) is 10.9 Å². The average Bonchev–Trinajstić information content (AvgIpc) is 2.57. The first-order chi connectivity index (χ1) is 11.1. The molecule has 0 saturated carbocycles. The number of carbonyl (C=O) groups excluding carboxylic acids is 1. The summed E-state index contributed by atoms with van der Waals surface area (Å²) in [5.74, 6) is -0.0790. The van der Waals surface area contributed by atoms with E-state index in [0.717, 1.165) is 12.0 Å². The standard InChI is InChI=1S/C17H29N3O3S/c1-6-13(4)16(18)17(21)19-11-14-7-9-15(10-8-14)24(22,23)20(5)12(2)3/h7-10,12-13,16H,6,11,18H2,1-5H3,(H,19,21). The average molecular weight is 356 g/mol. The van der Waals surface area contributed by atoms with Crippen LogP contribution in [0.25, 0.3) is 0 Å². The van der Waals surface area contributed by atoms with Crippen LogP contribution in [0.5, 0.6) is 0 Å². The van der Waals surface area contributed by atoms with Crippen molar-refractivity contribution in [3.8, 4) is 0 Å². The molecule has 24 heavy (non-hydrogen) atoms. The van der Waals surface area contributed by atoms with Crippen molar-refractivity contribution in [3.05, 3.63) is 29.8 Å². The lowest BCUT2D eigenvalue weighted by atomic mass is 9.99. The number of sulfonamides is 1. The number of nitrogens with one attached hydrogen (secondary N) is 1. The van der Waals surface area contributed by atoms with Crippen molar-refractivity contribution in [1.29, 1.82) is 0 Å². The summed E-state index contributed by atoms with van der Waals surface area (Å²) in [4.78, 5) is 12.2. The van der Waals surface area contributed by atoms with Crippen LogP contribution in [0, 0.1) is 5.92 Å². The van der Waals surface area contributed by atoms with Crippen molar-refractivity contribution in [2.45, 2.75) is 57.6 Å². The predicted octanol–water partition coefficient (Wildman–Crippen LogP) is 1.71. The van der Waals surface area contributed by atoms with Gasteiger partial charge in [0.15, 0.2) is 0 Å². The van der Waals surface area contributed by atoms with E-state index in [0.29, 0.717) is 6.54 Å². The second kappa shape index (κ2) is 8.60. The number of hydrogen-bond acceptors (Lipinski definition) is 4. The Labute approximate surface area is 145 Å². The Kier molecular flexibility index (Phi) is 7.38. The topological polar surface area (TPSA) is 92.5 Å². The lowest BCUT2D eigenvalue weighted by Gasteiger charge is -2.21. The molecule has 0 bridgehead atoms. The Morgan fingerprint density at radius 3 is 2.21 bits per heavy atom. The number of carbonyl (C=O) groups is 1. The minimum absolute atomic E-state index is 0.115. The first-order valence-corrected chi connectivity index (χ1v) is 9.65. The SMILES string of the molecule is CCC(C)C(N)C(=O)NCc1ccc(S(=O)(=O)N(C)C(C)C)cc1. The third-order valence-corrected chi connectivity index (χ3v) is 6.40. The van der Waals surface area contributed by atoms with Gasteiger partial charge in [0.25, 0.3) is 0 Å². The molecule has 2 unspecified atom stereocenters. The summed E-state index contributed by atoms with van der Waals surface area (Å²) in [5.41, 5.74) is 6.71. The van der Waals surface area contributed by atoms with Crippen molar-refractivity contribution in [3.63, 3.8) is 0 Å². The van der Waals surface area contributed by atoms with E-state index in [1.54, 1.807) is 31.3 Å². The molecule has 136 valence electrons. The van der Waals surface area contributed by atoms with Crippen molar-refractivity contribution >= 4 is 15.9 Å². The van der Waals surface area contributed by atoms with Crippen LogP contribution < -0.4 is 11.1 Å². The van der Waals surface area contributed by atoms with Gasteiger partial charge in [-0.15, -0.1) is 0 Å². The number of amides is 1. The Balaban J connectivity index is 2.74. The number of nitrogens with zero attached hydrogens (tertiary/aromatic N) is 1. The van der Waals surface area contributed by atoms with Gasteiger partial charge >= 0.3 is 0 Å². The van der Waals surface area contributed by atoms with Crippen LogP contribution in [0.2, 0.25) is 0 Å². The molecule has 0 fully saturated rings. The van der Waals surface area contributed by atoms with Gasteiger partial charge in [-0.2, -0.15) is 4.31 Å². The number of rotatable bonds is 8. The molecule has 0 spiro atoms. The Hall–Kier alpha value is -1.44. The van der Waals surface area contributed by atoms with Crippen molar-refractivity contribution in [1.82, 2.24) is 9.62 Å². The molecule has 0 heterocycles. The minimum Gasteiger partial charge on any atom is -0.351 e. The quantitative estimate of drug-likeness (QED) is 0.742. The lowest BCUT2D eigenvalue weighted by Crippen LogP contribution is -2.44. The molecule has 1 aromatic rings. The molecule has 1 aromatic carbocycles. The summed E-state index contributed by atoms with van der Waals surface area (Å²) in [6.07, 6.45) is 0.838. The van der Waals surface area contributed by atoms with Crippen LogP contribution in [0.4, 0.5) is 0 Å². The highest BCUT2D eigenvalue weighted by Gasteiger charge is 2.23. The summed E-state index contributed by atoms with van der Waals surface area (Å²) in [5, 5.41) is 2.79. The summed E-state index contributed by atoms with van der Waals surface area (Å²) in [6, 6.07) is 5.88. The molecule has 2 atom stereocenters. The fourth-order valence-corrected chi connectivity index (χ4v) is 3.41. The van der Waals surface area contributed by atoms with Crippen molar-refractivity contribution < 1.29 is 13.2 Å². The summed E-state index contributed by atoms with van der Waals surface area (Å²) < 4.78 is 26.1. The van der Waals surface area contributed by atoms with Gasteiger partial charge in [0.2, 0.25) is 15.9 Å². The Morgan fingerprint density at radius 2 is 1.75 bits per heavy atom. The van der Waals surface area contributed by atoms with Crippen LogP contribution in [-0.2, 0) is 21.4 Å². The number of nitrogens with two attached hydrogens (primary N) is 1. The smallest absolute Gasteiger partial charge is 0.243 e. The zero-order chi connectivity index (χ0) is 18.5. The molecule has 0 radical (unpaired) electrons. The molecule has 6 nitrogen and oxygen atoms in total. The van der Waals surface area contributed by atoms with Crippen molar-refractivity contribution in [2.24, 2.45) is 11.7 Å². The highest BCUT2D eigenvalue weighted by Crippen LogP contribution is 2.17. The maximum absolute atomic E-state index is 12.4. The normalized spacial score (nSPS) is 14.7. The third-order valence-electron chi connectivity index (χ3n) is 4.35. The fraction of sp³-hybridized carbons (Fsp3) is 0.588. The molecule has 0 aliphatic rings. The van der Waals surface area contributed by atoms with Gasteiger partial charge < -0.3 is 11.1 Å². The van der Waals surface area contributed by atoms with E-state index in [9.17, 15) is 13.2 Å². The molecule has 0 aliphatic carbocycles. The van der Waals surface area contributed by atoms with Gasteiger partial charge in [0.1, 0.15) is 0 Å². The highest BCUT2D eigenvalue weighted by atomic mass is 32.2. The van der Waals surface area contributed by atoms with Gasteiger partial charge in [-0.3, -0.25) is 4.79 Å². The van der Waals surface area contributed by atoms with Crippen LogP contribution in [0.3, 0.4) is 0 Å². The zero-order valence-corrected chi connectivity index (χ0v) is 15.9. The molecule has 1 amide bonds. The first kappa shape index (κ1) is 20.6. The molecule has 7 heteroatoms. The maximum Gasteiger partial charge on any atom is 0.243 e. The van der Waals surface area contributed by atoms with E-state index in [1.807, 2.05) is 27.7 Å². The second-order valence-corrected chi connectivity index (χ2v) is 8.39. The van der Waals surface area contributed by atoms with Gasteiger partial charge in [-0.25, -0.2) is 8.42 Å². The molecule has 0 aromatic heterocycles. The first-order valence-electron chi connectivity index (χ1n) is 8.21. The number of hydrogen-bond donors (Lipinski definition) is 2. The van der Waals surface area contributed by atoms with Gasteiger partial charge in [-0.05, 0) is 37.5 Å². The molecule has 0 aliphatic heterocycles. The molecule has 0 saturated heterocycles. The van der Waals surface area contributed by atoms with Crippen LogP contribution in [0.1, 0.15) is 39.7 Å². The van der Waals surface area contributed by atoms with Crippen LogP contribution in [-0.4, -0.2) is 37.8 Å². The maximum atomic E-state index is 12.4. The summed E-state index contributed by atoms with van der Waals surface area (Å²) in [7, 11) is -1.93. The van der Waals surface area contributed by atoms with E-state index in [4.69, 9.17) is 5.73 Å². The predicted molar refractivity (Wildman–Crippen MR) is 95.8 cm³/mol. The second-order valence-electron chi connectivity index (χ2n) is 6.39. The van der Waals surface area contributed by atoms with E-state index >= 15 is 0 Å². The van der Waals surface area contributed by atoms with E-state index in [2.05, 4.69) is 5.32 Å². The molecule has 1 rings (SSSR count). The van der Waals surface area contributed by atoms with Crippen LogP contribution >= 0.6 is 0 Å². The summed E-state index contributed by atoms with van der Waals surface area (Å²) >= 11 is 0. The Morgan fingerprint density at radius 1 is 1.21 bits per heavy atom. The zero-order valence-electron chi connectivity index (χ0n) is 15.1. The van der Waals surface area contributed by atoms with Gasteiger partial charge in [0, 0.05) is 19.6 Å². The lowest BCUT2D eigenvalue weighted by molar-refractivity contribution is -0.123. The largest absolute Gasteiger partial charge is 0.351 e. The minimum atomic E-state index is -3.49. The third kappa shape index (κ3) is 5.03. The monoisotopic (exact) mass is 355 g/mol. The van der Waals surface area contributed by atoms with Crippen LogP contribution in [0.15, 0.2) is 29.2 Å². The van der Waals surface area contributed by atoms with E-state index in [-0.39, 0.29) is 22.8 Å². The summed E-state index contributed by atoms with van der Waals surface area (Å²) in [6.45, 7) is 7.90.